The molecule has 2 fully saturated rings. The molecule has 3 rings (SSSR count). The number of carbonyl (C=O) groups excluding carboxylic acids is 2. The highest BCUT2D eigenvalue weighted by Gasteiger charge is 2.33. The Labute approximate surface area is 172 Å². The Kier molecular flexibility index (Phi) is 6.63. The predicted octanol–water partition coefficient (Wildman–Crippen LogP) is 1.25. The lowest BCUT2D eigenvalue weighted by atomic mass is 9.95. The van der Waals surface area contributed by atoms with Gasteiger partial charge in [-0.15, -0.1) is 0 Å². The molecule has 0 radical (unpaired) electrons. The third-order valence-electron chi connectivity index (χ3n) is 5.84. The van der Waals surface area contributed by atoms with Crippen LogP contribution in [0.5, 0.6) is 11.6 Å². The topological polar surface area (TPSA) is 158 Å². The molecule has 10 nitrogen and oxygen atoms in total. The van der Waals surface area contributed by atoms with Crippen LogP contribution in [-0.2, 0) is 4.79 Å². The van der Waals surface area contributed by atoms with Gasteiger partial charge in [0.05, 0.1) is 0 Å². The zero-order valence-corrected chi connectivity index (χ0v) is 16.6. The molecule has 2 amide bonds. The zero-order valence-electron chi connectivity index (χ0n) is 16.6. The Hall–Kier alpha value is -3.04. The first kappa shape index (κ1) is 21.7. The fraction of sp³-hybridized carbons (Fsp3) is 0.600. The standard InChI is InChI=1S/C20H27N3O7/c24-13(25)10-21-17(27)14-16(26)15(18(28)22-11-6-2-1-3-7-11)20(30)23(19(14)29)12-8-4-5-9-12/h11-12,26,29H,1-10H2,(H,21,27)(H,22,28)(H,24,25). The average molecular weight is 421 g/mol. The number of nitrogens with one attached hydrogen (secondary N) is 2. The summed E-state index contributed by atoms with van der Waals surface area (Å²) in [6.07, 6.45) is 7.28. The van der Waals surface area contributed by atoms with E-state index in [0.717, 1.165) is 49.5 Å². The molecule has 10 heteroatoms. The van der Waals surface area contributed by atoms with E-state index in [4.69, 9.17) is 5.11 Å². The van der Waals surface area contributed by atoms with Crippen molar-refractivity contribution >= 4 is 17.8 Å². The minimum absolute atomic E-state index is 0.136. The van der Waals surface area contributed by atoms with Crippen molar-refractivity contribution in [1.29, 1.82) is 0 Å². The molecule has 0 aliphatic heterocycles. The Morgan fingerprint density at radius 3 is 2.10 bits per heavy atom. The second-order valence-electron chi connectivity index (χ2n) is 7.92. The van der Waals surface area contributed by atoms with Crippen molar-refractivity contribution in [2.24, 2.45) is 0 Å². The van der Waals surface area contributed by atoms with Gasteiger partial charge in [0, 0.05) is 12.1 Å². The summed E-state index contributed by atoms with van der Waals surface area (Å²) in [6.45, 7) is -0.746. The second-order valence-corrected chi connectivity index (χ2v) is 7.92. The van der Waals surface area contributed by atoms with E-state index in [1.807, 2.05) is 0 Å². The molecule has 2 aliphatic rings. The minimum atomic E-state index is -1.32. The maximum absolute atomic E-state index is 13.1. The summed E-state index contributed by atoms with van der Waals surface area (Å²) in [6, 6.07) is -0.548. The van der Waals surface area contributed by atoms with Gasteiger partial charge in [-0.2, -0.15) is 0 Å². The Morgan fingerprint density at radius 1 is 0.900 bits per heavy atom. The quantitative estimate of drug-likeness (QED) is 0.462. The average Bonchev–Trinajstić information content (AvgIpc) is 3.21. The largest absolute Gasteiger partial charge is 0.506 e. The van der Waals surface area contributed by atoms with E-state index in [1.54, 1.807) is 0 Å². The van der Waals surface area contributed by atoms with Gasteiger partial charge in [-0.05, 0) is 25.7 Å². The summed E-state index contributed by atoms with van der Waals surface area (Å²) >= 11 is 0. The van der Waals surface area contributed by atoms with E-state index in [-0.39, 0.29) is 6.04 Å². The molecule has 1 heterocycles. The van der Waals surface area contributed by atoms with Gasteiger partial charge >= 0.3 is 5.97 Å². The smallest absolute Gasteiger partial charge is 0.322 e. The number of aromatic nitrogens is 1. The molecule has 0 spiro atoms. The Morgan fingerprint density at radius 2 is 1.50 bits per heavy atom. The lowest BCUT2D eigenvalue weighted by Gasteiger charge is -2.24. The first-order valence-corrected chi connectivity index (χ1v) is 10.3. The predicted molar refractivity (Wildman–Crippen MR) is 106 cm³/mol. The van der Waals surface area contributed by atoms with Crippen molar-refractivity contribution in [2.45, 2.75) is 69.9 Å². The summed E-state index contributed by atoms with van der Waals surface area (Å²) in [7, 11) is 0. The maximum Gasteiger partial charge on any atom is 0.322 e. The molecule has 164 valence electrons. The molecule has 1 aromatic heterocycles. The zero-order chi connectivity index (χ0) is 21.8. The lowest BCUT2D eigenvalue weighted by Crippen LogP contribution is -2.41. The number of aliphatic carboxylic acids is 1. The van der Waals surface area contributed by atoms with E-state index >= 15 is 0 Å². The van der Waals surface area contributed by atoms with Crippen LogP contribution in [0.1, 0.15) is 84.5 Å². The molecule has 0 bridgehead atoms. The van der Waals surface area contributed by atoms with Gasteiger partial charge < -0.3 is 26.0 Å². The Balaban J connectivity index is 2.05. The fourth-order valence-electron chi connectivity index (χ4n) is 4.33. The van der Waals surface area contributed by atoms with Crippen LogP contribution in [-0.4, -0.2) is 50.3 Å². The highest BCUT2D eigenvalue weighted by Crippen LogP contribution is 2.36. The molecule has 30 heavy (non-hydrogen) atoms. The molecule has 0 unspecified atom stereocenters. The number of carboxylic acids is 1. The number of carboxylic acid groups (broad SMARTS) is 1. The van der Waals surface area contributed by atoms with Gasteiger partial charge in [0.1, 0.15) is 17.7 Å². The minimum Gasteiger partial charge on any atom is -0.506 e. The van der Waals surface area contributed by atoms with Gasteiger partial charge in [-0.25, -0.2) is 0 Å². The summed E-state index contributed by atoms with van der Waals surface area (Å²) in [4.78, 5) is 49.2. The highest BCUT2D eigenvalue weighted by atomic mass is 16.4. The van der Waals surface area contributed by atoms with Crippen molar-refractivity contribution in [1.82, 2.24) is 15.2 Å². The van der Waals surface area contributed by atoms with Crippen LogP contribution in [0.15, 0.2) is 4.79 Å². The van der Waals surface area contributed by atoms with Crippen LogP contribution in [0.4, 0.5) is 0 Å². The fourth-order valence-corrected chi connectivity index (χ4v) is 4.33. The molecule has 1 aromatic rings. The van der Waals surface area contributed by atoms with Gasteiger partial charge in [0.15, 0.2) is 5.75 Å². The number of amides is 2. The number of nitrogens with zero attached hydrogens (tertiary/aromatic N) is 1. The molecular weight excluding hydrogens is 394 g/mol. The molecule has 0 aromatic carbocycles. The van der Waals surface area contributed by atoms with Crippen LogP contribution in [0, 0.1) is 0 Å². The first-order chi connectivity index (χ1) is 14.3. The van der Waals surface area contributed by atoms with E-state index in [0.29, 0.717) is 12.8 Å². The summed E-state index contributed by atoms with van der Waals surface area (Å²) in [5, 5.41) is 34.8. The number of aromatic hydroxyl groups is 2. The molecule has 0 atom stereocenters. The van der Waals surface area contributed by atoms with Crippen molar-refractivity contribution in [3.05, 3.63) is 21.5 Å². The SMILES string of the molecule is O=C(O)CNC(=O)c1c(O)c(C(=O)NC2CCCCC2)c(=O)n(C2CCCC2)c1O. The normalized spacial score (nSPS) is 17.6. The molecule has 0 saturated heterocycles. The van der Waals surface area contributed by atoms with E-state index in [1.165, 1.54) is 0 Å². The van der Waals surface area contributed by atoms with Crippen LogP contribution in [0.2, 0.25) is 0 Å². The van der Waals surface area contributed by atoms with Gasteiger partial charge in [0.25, 0.3) is 17.4 Å². The number of hydrogen-bond acceptors (Lipinski definition) is 6. The first-order valence-electron chi connectivity index (χ1n) is 10.3. The number of rotatable bonds is 6. The summed E-state index contributed by atoms with van der Waals surface area (Å²) in [5.41, 5.74) is -2.14. The molecular formula is C20H27N3O7. The van der Waals surface area contributed by atoms with Crippen molar-refractivity contribution in [2.75, 3.05) is 6.54 Å². The number of hydrogen-bond donors (Lipinski definition) is 5. The monoisotopic (exact) mass is 421 g/mol. The van der Waals surface area contributed by atoms with E-state index in [2.05, 4.69) is 10.6 Å². The molecule has 5 N–H and O–H groups in total. The van der Waals surface area contributed by atoms with Crippen molar-refractivity contribution in [3.63, 3.8) is 0 Å². The van der Waals surface area contributed by atoms with Crippen LogP contribution >= 0.6 is 0 Å². The second kappa shape index (κ2) is 9.19. The summed E-state index contributed by atoms with van der Waals surface area (Å²) < 4.78 is 0.984. The van der Waals surface area contributed by atoms with Gasteiger partial charge in [0.2, 0.25) is 5.88 Å². The van der Waals surface area contributed by atoms with Gasteiger partial charge in [-0.1, -0.05) is 32.1 Å². The van der Waals surface area contributed by atoms with Crippen LogP contribution in [0.3, 0.4) is 0 Å². The van der Waals surface area contributed by atoms with E-state index < -0.39 is 58.7 Å². The number of pyridine rings is 1. The Bertz CT molecular complexity index is 897. The van der Waals surface area contributed by atoms with Crippen molar-refractivity contribution in [3.8, 4) is 11.6 Å². The number of carbonyl (C=O) groups is 3. The van der Waals surface area contributed by atoms with Crippen molar-refractivity contribution < 1.29 is 29.7 Å². The van der Waals surface area contributed by atoms with Crippen LogP contribution < -0.4 is 16.2 Å². The van der Waals surface area contributed by atoms with Gasteiger partial charge in [-0.3, -0.25) is 23.7 Å². The lowest BCUT2D eigenvalue weighted by molar-refractivity contribution is -0.135. The third kappa shape index (κ3) is 4.42. The summed E-state index contributed by atoms with van der Waals surface area (Å²) in [5.74, 6) is -4.90. The molecule has 2 aliphatic carbocycles. The molecule has 2 saturated carbocycles. The maximum atomic E-state index is 13.1. The van der Waals surface area contributed by atoms with E-state index in [9.17, 15) is 29.4 Å². The van der Waals surface area contributed by atoms with Crippen LogP contribution in [0.25, 0.3) is 0 Å². The third-order valence-corrected chi connectivity index (χ3v) is 5.84. The highest BCUT2D eigenvalue weighted by molar-refractivity contribution is 6.05.